The first-order chi connectivity index (χ1) is 13.3. The molecule has 1 aliphatic carbocycles. The van der Waals surface area contributed by atoms with Crippen LogP contribution in [-0.2, 0) is 6.42 Å². The number of hydrogen-bond acceptors (Lipinski definition) is 3. The number of aliphatic hydroxyl groups is 1. The monoisotopic (exact) mass is 393 g/mol. The average molecular weight is 394 g/mol. The van der Waals surface area contributed by atoms with E-state index < -0.39 is 17.6 Å². The van der Waals surface area contributed by atoms with Gasteiger partial charge in [0, 0.05) is 10.7 Å². The summed E-state index contributed by atoms with van der Waals surface area (Å²) in [6.07, 6.45) is 1.78. The lowest BCUT2D eigenvalue weighted by Gasteiger charge is -2.40. The third-order valence-corrected chi connectivity index (χ3v) is 5.12. The quantitative estimate of drug-likeness (QED) is 0.232. The molecular weight excluding hydrogens is 374 g/mol. The largest absolute Gasteiger partial charge is 0.390 e. The first kappa shape index (κ1) is 19.7. The second-order valence-corrected chi connectivity index (χ2v) is 7.83. The van der Waals surface area contributed by atoms with Crippen molar-refractivity contribution in [3.63, 3.8) is 0 Å². The van der Waals surface area contributed by atoms with Crippen molar-refractivity contribution in [3.05, 3.63) is 70.0 Å². The molecule has 28 heavy (non-hydrogen) atoms. The van der Waals surface area contributed by atoms with Gasteiger partial charge >= 0.3 is 0 Å². The van der Waals surface area contributed by atoms with Crippen molar-refractivity contribution < 1.29 is 5.11 Å². The van der Waals surface area contributed by atoms with E-state index in [1.54, 1.807) is 36.4 Å². The number of rotatable bonds is 2. The SMILES string of the molecule is [C-]#[N+]c1ccc2c(c1)[C@@H](N=C(NC#N)Nc1ccc(Cl)cc1)[C@H](O)C(C)(C)C2. The first-order valence-electron chi connectivity index (χ1n) is 8.78. The first-order valence-corrected chi connectivity index (χ1v) is 9.15. The molecule has 0 spiro atoms. The smallest absolute Gasteiger partial charge is 0.209 e. The van der Waals surface area contributed by atoms with Gasteiger partial charge in [-0.2, -0.15) is 5.26 Å². The Morgan fingerprint density at radius 3 is 2.68 bits per heavy atom. The van der Waals surface area contributed by atoms with Crippen molar-refractivity contribution in [3.8, 4) is 6.19 Å². The number of aliphatic hydroxyl groups excluding tert-OH is 1. The molecule has 3 N–H and O–H groups in total. The molecule has 2 atom stereocenters. The summed E-state index contributed by atoms with van der Waals surface area (Å²) < 4.78 is 0. The van der Waals surface area contributed by atoms with Crippen molar-refractivity contribution in [2.24, 2.45) is 10.4 Å². The third-order valence-electron chi connectivity index (χ3n) is 4.87. The molecule has 2 aromatic rings. The molecule has 0 saturated heterocycles. The molecule has 0 unspecified atom stereocenters. The van der Waals surface area contributed by atoms with Gasteiger partial charge in [0.15, 0.2) is 11.9 Å². The maximum Gasteiger partial charge on any atom is 0.209 e. The minimum atomic E-state index is -0.775. The lowest BCUT2D eigenvalue weighted by molar-refractivity contribution is 0.0199. The van der Waals surface area contributed by atoms with E-state index in [1.807, 2.05) is 26.1 Å². The number of nitrogens with zero attached hydrogens (tertiary/aromatic N) is 3. The molecule has 0 fully saturated rings. The zero-order valence-electron chi connectivity index (χ0n) is 15.6. The van der Waals surface area contributed by atoms with Gasteiger partial charge in [-0.25, -0.2) is 9.84 Å². The van der Waals surface area contributed by atoms with Crippen LogP contribution in [0.2, 0.25) is 5.02 Å². The van der Waals surface area contributed by atoms with Crippen molar-refractivity contribution in [1.29, 1.82) is 5.26 Å². The summed E-state index contributed by atoms with van der Waals surface area (Å²) in [7, 11) is 0. The van der Waals surface area contributed by atoms with Gasteiger partial charge in [-0.3, -0.25) is 5.32 Å². The summed E-state index contributed by atoms with van der Waals surface area (Å²) in [4.78, 5) is 8.11. The van der Waals surface area contributed by atoms with Gasteiger partial charge in [0.25, 0.3) is 0 Å². The highest BCUT2D eigenvalue weighted by Gasteiger charge is 2.41. The third kappa shape index (κ3) is 4.09. The lowest BCUT2D eigenvalue weighted by atomic mass is 9.70. The van der Waals surface area contributed by atoms with E-state index in [-0.39, 0.29) is 5.96 Å². The van der Waals surface area contributed by atoms with Crippen molar-refractivity contribution in [2.45, 2.75) is 32.4 Å². The fraction of sp³-hybridized carbons (Fsp3) is 0.286. The Bertz CT molecular complexity index is 985. The molecule has 7 heteroatoms. The topological polar surface area (TPSA) is 84.8 Å². The molecule has 142 valence electrons. The maximum absolute atomic E-state index is 11.0. The van der Waals surface area contributed by atoms with Gasteiger partial charge in [0.05, 0.1) is 12.7 Å². The van der Waals surface area contributed by atoms with Gasteiger partial charge in [0.1, 0.15) is 6.04 Å². The van der Waals surface area contributed by atoms with Gasteiger partial charge in [-0.05, 0) is 47.2 Å². The van der Waals surface area contributed by atoms with E-state index in [4.69, 9.17) is 23.4 Å². The molecule has 0 aliphatic heterocycles. The van der Waals surface area contributed by atoms with Gasteiger partial charge in [0.2, 0.25) is 5.96 Å². The van der Waals surface area contributed by atoms with Crippen LogP contribution in [0, 0.1) is 23.4 Å². The summed E-state index contributed by atoms with van der Waals surface area (Å²) in [5.74, 6) is 0.214. The number of aliphatic imine (C=N–C) groups is 1. The van der Waals surface area contributed by atoms with Crippen LogP contribution in [0.1, 0.15) is 31.0 Å². The summed E-state index contributed by atoms with van der Waals surface area (Å²) >= 11 is 5.92. The summed E-state index contributed by atoms with van der Waals surface area (Å²) in [6.45, 7) is 11.2. The van der Waals surface area contributed by atoms with Crippen LogP contribution in [0.3, 0.4) is 0 Å². The second-order valence-electron chi connectivity index (χ2n) is 7.40. The van der Waals surface area contributed by atoms with Crippen LogP contribution in [-0.4, -0.2) is 17.2 Å². The van der Waals surface area contributed by atoms with E-state index >= 15 is 0 Å². The van der Waals surface area contributed by atoms with Crippen molar-refractivity contribution in [1.82, 2.24) is 5.32 Å². The predicted octanol–water partition coefficient (Wildman–Crippen LogP) is 4.41. The molecule has 0 heterocycles. The number of fused-ring (bicyclic) bond motifs is 1. The number of nitriles is 1. The normalized spacial score (nSPS) is 20.4. The fourth-order valence-corrected chi connectivity index (χ4v) is 3.50. The Balaban J connectivity index is 2.03. The van der Waals surface area contributed by atoms with E-state index in [1.165, 1.54) is 0 Å². The Morgan fingerprint density at radius 1 is 1.32 bits per heavy atom. The number of benzene rings is 2. The number of nitrogens with one attached hydrogen (secondary N) is 2. The molecule has 0 amide bonds. The Kier molecular flexibility index (Phi) is 5.56. The molecule has 0 radical (unpaired) electrons. The fourth-order valence-electron chi connectivity index (χ4n) is 3.38. The number of hydrogen-bond donors (Lipinski definition) is 3. The molecule has 0 saturated carbocycles. The maximum atomic E-state index is 11.0. The second kappa shape index (κ2) is 7.90. The Morgan fingerprint density at radius 2 is 2.04 bits per heavy atom. The highest BCUT2D eigenvalue weighted by Crippen LogP contribution is 2.44. The minimum absolute atomic E-state index is 0.214. The number of anilines is 1. The molecule has 6 nitrogen and oxygen atoms in total. The van der Waals surface area contributed by atoms with Crippen LogP contribution in [0.15, 0.2) is 47.5 Å². The van der Waals surface area contributed by atoms with E-state index in [2.05, 4.69) is 20.5 Å². The Hall–Kier alpha value is -3.06. The highest BCUT2D eigenvalue weighted by atomic mass is 35.5. The molecular formula is C21H20ClN5O. The van der Waals surface area contributed by atoms with E-state index in [9.17, 15) is 5.11 Å². The van der Waals surface area contributed by atoms with Crippen LogP contribution in [0.5, 0.6) is 0 Å². The zero-order valence-corrected chi connectivity index (χ0v) is 16.3. The van der Waals surface area contributed by atoms with Crippen molar-refractivity contribution in [2.75, 3.05) is 5.32 Å². The predicted molar refractivity (Wildman–Crippen MR) is 110 cm³/mol. The standard InChI is InChI=1S/C21H20ClN5O/c1-21(2)11-13-4-7-16(24-3)10-17(13)18(19(21)28)27-20(25-12-23)26-15-8-5-14(22)6-9-15/h4-10,18-19,28H,11H2,1-2H3,(H2,25,26,27)/t18-,19+/m1/s1. The van der Waals surface area contributed by atoms with E-state index in [0.29, 0.717) is 22.8 Å². The summed E-state index contributed by atoms with van der Waals surface area (Å²) in [5.41, 5.74) is 2.63. The number of guanidine groups is 1. The lowest BCUT2D eigenvalue weighted by Crippen LogP contribution is -2.41. The van der Waals surface area contributed by atoms with Crippen molar-refractivity contribution >= 4 is 28.9 Å². The summed E-state index contributed by atoms with van der Waals surface area (Å²) in [5, 5.41) is 26.3. The van der Waals surface area contributed by atoms with Gasteiger partial charge in [-0.1, -0.05) is 43.6 Å². The molecule has 2 aromatic carbocycles. The number of halogens is 1. The van der Waals surface area contributed by atoms with Crippen LogP contribution < -0.4 is 10.6 Å². The minimum Gasteiger partial charge on any atom is -0.390 e. The average Bonchev–Trinajstić information content (AvgIpc) is 2.67. The van der Waals surface area contributed by atoms with Crippen LogP contribution in [0.4, 0.5) is 11.4 Å². The Labute approximate surface area is 169 Å². The molecule has 0 bridgehead atoms. The van der Waals surface area contributed by atoms with Crippen LogP contribution in [0.25, 0.3) is 4.85 Å². The van der Waals surface area contributed by atoms with E-state index in [0.717, 1.165) is 11.1 Å². The summed E-state index contributed by atoms with van der Waals surface area (Å²) in [6, 6.07) is 11.8. The zero-order chi connectivity index (χ0) is 20.3. The van der Waals surface area contributed by atoms with Gasteiger partial charge in [-0.15, -0.1) is 0 Å². The highest BCUT2D eigenvalue weighted by molar-refractivity contribution is 6.30. The van der Waals surface area contributed by atoms with Crippen LogP contribution >= 0.6 is 11.6 Å². The molecule has 3 rings (SSSR count). The molecule has 1 aliphatic rings. The van der Waals surface area contributed by atoms with Gasteiger partial charge < -0.3 is 10.4 Å². The molecule has 0 aromatic heterocycles.